The molecule has 0 unspecified atom stereocenters. The number of urea groups is 1. The number of carbonyl (C=O) groups is 1. The van der Waals surface area contributed by atoms with Crippen LogP contribution in [-0.4, -0.2) is 33.7 Å². The number of hydrogen-bond acceptors (Lipinski definition) is 5. The molecule has 2 heterocycles. The van der Waals surface area contributed by atoms with Crippen molar-refractivity contribution < 1.29 is 9.18 Å². The Labute approximate surface area is 185 Å². The summed E-state index contributed by atoms with van der Waals surface area (Å²) < 4.78 is 16.0. The highest BCUT2D eigenvalue weighted by Gasteiger charge is 2.18. The summed E-state index contributed by atoms with van der Waals surface area (Å²) in [6.45, 7) is 2.28. The molecule has 0 bridgehead atoms. The Morgan fingerprint density at radius 3 is 2.72 bits per heavy atom. The lowest BCUT2D eigenvalue weighted by Gasteiger charge is -2.23. The van der Waals surface area contributed by atoms with Gasteiger partial charge in [-0.3, -0.25) is 9.36 Å². The summed E-state index contributed by atoms with van der Waals surface area (Å²) in [5.41, 5.74) is 1.19. The van der Waals surface area contributed by atoms with Crippen LogP contribution >= 0.6 is 0 Å². The van der Waals surface area contributed by atoms with Gasteiger partial charge in [0.1, 0.15) is 11.5 Å². The van der Waals surface area contributed by atoms with Crippen molar-refractivity contribution in [3.63, 3.8) is 0 Å². The molecule has 9 heteroatoms. The van der Waals surface area contributed by atoms with Gasteiger partial charge in [-0.15, -0.1) is 0 Å². The van der Waals surface area contributed by atoms with Crippen molar-refractivity contribution in [2.75, 3.05) is 17.7 Å². The van der Waals surface area contributed by atoms with Crippen LogP contribution in [-0.2, 0) is 6.54 Å². The molecule has 1 aliphatic carbocycles. The second-order valence-electron chi connectivity index (χ2n) is 7.96. The van der Waals surface area contributed by atoms with Gasteiger partial charge >= 0.3 is 6.03 Å². The van der Waals surface area contributed by atoms with E-state index in [0.717, 1.165) is 25.7 Å². The molecule has 168 valence electrons. The summed E-state index contributed by atoms with van der Waals surface area (Å²) in [6, 6.07) is 5.64. The van der Waals surface area contributed by atoms with E-state index < -0.39 is 11.8 Å². The number of amides is 2. The molecule has 0 spiro atoms. The minimum absolute atomic E-state index is 0.0279. The predicted molar refractivity (Wildman–Crippen MR) is 123 cm³/mol. The van der Waals surface area contributed by atoms with E-state index in [1.165, 1.54) is 24.6 Å². The van der Waals surface area contributed by atoms with Gasteiger partial charge in [-0.1, -0.05) is 25.3 Å². The van der Waals surface area contributed by atoms with Crippen LogP contribution in [0.5, 0.6) is 0 Å². The Kier molecular flexibility index (Phi) is 6.34. The number of benzene rings is 1. The van der Waals surface area contributed by atoms with E-state index in [-0.39, 0.29) is 17.3 Å². The van der Waals surface area contributed by atoms with Gasteiger partial charge in [0, 0.05) is 36.8 Å². The average molecular weight is 439 g/mol. The predicted octanol–water partition coefficient (Wildman–Crippen LogP) is 4.11. The Hall–Kier alpha value is -3.49. The number of carbonyl (C=O) groups excluding carboxylic acids is 1. The maximum absolute atomic E-state index is 14.5. The van der Waals surface area contributed by atoms with Gasteiger partial charge < -0.3 is 16.0 Å². The zero-order valence-corrected chi connectivity index (χ0v) is 18.2. The molecule has 0 saturated heterocycles. The van der Waals surface area contributed by atoms with Crippen molar-refractivity contribution in [3.8, 4) is 11.1 Å². The first kappa shape index (κ1) is 21.7. The van der Waals surface area contributed by atoms with Gasteiger partial charge in [0.15, 0.2) is 0 Å². The van der Waals surface area contributed by atoms with E-state index in [1.54, 1.807) is 23.9 Å². The molecule has 32 heavy (non-hydrogen) atoms. The fraction of sp³-hybridized carbons (Fsp3) is 0.391. The van der Waals surface area contributed by atoms with E-state index in [1.807, 2.05) is 6.92 Å². The second kappa shape index (κ2) is 9.33. The number of rotatable bonds is 5. The monoisotopic (exact) mass is 438 g/mol. The first-order chi connectivity index (χ1) is 15.5. The summed E-state index contributed by atoms with van der Waals surface area (Å²) in [4.78, 5) is 34.2. The van der Waals surface area contributed by atoms with E-state index in [2.05, 4.69) is 25.9 Å². The summed E-state index contributed by atoms with van der Waals surface area (Å²) in [7, 11) is 1.71. The lowest BCUT2D eigenvalue weighted by atomic mass is 9.96. The largest absolute Gasteiger partial charge is 0.357 e. The molecule has 0 aliphatic heterocycles. The van der Waals surface area contributed by atoms with Crippen molar-refractivity contribution >= 4 is 28.7 Å². The number of halogens is 1. The summed E-state index contributed by atoms with van der Waals surface area (Å²) in [5.74, 6) is -0.143. The molecular formula is C23H27FN6O2. The third-order valence-electron chi connectivity index (χ3n) is 5.83. The van der Waals surface area contributed by atoms with Crippen LogP contribution in [0, 0.1) is 5.82 Å². The van der Waals surface area contributed by atoms with Gasteiger partial charge in [0.25, 0.3) is 5.56 Å². The topological polar surface area (TPSA) is 101 Å². The van der Waals surface area contributed by atoms with Gasteiger partial charge in [-0.25, -0.2) is 14.2 Å². The molecule has 1 fully saturated rings. The zero-order chi connectivity index (χ0) is 22.7. The first-order valence-electron chi connectivity index (χ1n) is 11.0. The third-order valence-corrected chi connectivity index (χ3v) is 5.83. The molecular weight excluding hydrogens is 411 g/mol. The fourth-order valence-corrected chi connectivity index (χ4v) is 4.16. The van der Waals surface area contributed by atoms with Crippen LogP contribution in [0.1, 0.15) is 39.0 Å². The van der Waals surface area contributed by atoms with Crippen molar-refractivity contribution in [1.29, 1.82) is 0 Å². The number of fused-ring (bicyclic) bond motifs is 1. The summed E-state index contributed by atoms with van der Waals surface area (Å²) >= 11 is 0. The van der Waals surface area contributed by atoms with Crippen LogP contribution in [0.4, 0.5) is 20.8 Å². The number of nitrogens with zero attached hydrogens (tertiary/aromatic N) is 3. The molecule has 2 aromatic heterocycles. The summed E-state index contributed by atoms with van der Waals surface area (Å²) in [5, 5.41) is 9.08. The molecule has 0 radical (unpaired) electrons. The van der Waals surface area contributed by atoms with Gasteiger partial charge in [0.05, 0.1) is 5.69 Å². The number of hydrogen-bond donors (Lipinski definition) is 3. The minimum atomic E-state index is -0.564. The van der Waals surface area contributed by atoms with Gasteiger partial charge in [-0.05, 0) is 43.5 Å². The van der Waals surface area contributed by atoms with Crippen LogP contribution in [0.2, 0.25) is 0 Å². The quantitative estimate of drug-likeness (QED) is 0.556. The molecule has 4 rings (SSSR count). The molecule has 1 aromatic carbocycles. The van der Waals surface area contributed by atoms with Crippen LogP contribution < -0.4 is 21.5 Å². The highest BCUT2D eigenvalue weighted by Crippen LogP contribution is 2.26. The molecule has 8 nitrogen and oxygen atoms in total. The second-order valence-corrected chi connectivity index (χ2v) is 7.96. The molecule has 2 amide bonds. The van der Waals surface area contributed by atoms with Crippen molar-refractivity contribution in [3.05, 3.63) is 46.6 Å². The molecule has 3 N–H and O–H groups in total. The van der Waals surface area contributed by atoms with Crippen LogP contribution in [0.25, 0.3) is 22.2 Å². The van der Waals surface area contributed by atoms with Crippen molar-refractivity contribution in [1.82, 2.24) is 19.9 Å². The Morgan fingerprint density at radius 1 is 1.22 bits per heavy atom. The summed E-state index contributed by atoms with van der Waals surface area (Å²) in [6.07, 6.45) is 6.85. The molecule has 3 aromatic rings. The smallest absolute Gasteiger partial charge is 0.319 e. The fourth-order valence-electron chi connectivity index (χ4n) is 4.16. The van der Waals surface area contributed by atoms with Gasteiger partial charge in [-0.2, -0.15) is 4.98 Å². The Balaban J connectivity index is 1.67. The number of pyridine rings is 1. The average Bonchev–Trinajstić information content (AvgIpc) is 2.80. The number of aryl methyl sites for hydroxylation is 1. The molecule has 1 aliphatic rings. The molecule has 1 saturated carbocycles. The van der Waals surface area contributed by atoms with Crippen LogP contribution in [0.15, 0.2) is 35.3 Å². The van der Waals surface area contributed by atoms with Crippen molar-refractivity contribution in [2.24, 2.45) is 0 Å². The van der Waals surface area contributed by atoms with Gasteiger partial charge in [0.2, 0.25) is 5.95 Å². The highest BCUT2D eigenvalue weighted by atomic mass is 19.1. The zero-order valence-electron chi connectivity index (χ0n) is 18.2. The van der Waals surface area contributed by atoms with Crippen molar-refractivity contribution in [2.45, 2.75) is 51.6 Å². The van der Waals surface area contributed by atoms with E-state index in [9.17, 15) is 14.0 Å². The Morgan fingerprint density at radius 2 is 2.00 bits per heavy atom. The lowest BCUT2D eigenvalue weighted by molar-refractivity contribution is 0.244. The standard InChI is InChI=1S/C23H27FN6O2/c1-3-30-20-15(13-26-22(25-2)29-20)11-17(21(30)31)14-9-10-18(24)19(12-14)28-23(32)27-16-7-5-4-6-8-16/h9-13,16H,3-8H2,1-2H3,(H,25,26,29)(H2,27,28,32). The first-order valence-corrected chi connectivity index (χ1v) is 11.0. The molecule has 0 atom stereocenters. The van der Waals surface area contributed by atoms with E-state index in [4.69, 9.17) is 0 Å². The SMILES string of the molecule is CCn1c(=O)c(-c2ccc(F)c(NC(=O)NC3CCCCC3)c2)cc2cnc(NC)nc21. The third kappa shape index (κ3) is 4.42. The lowest BCUT2D eigenvalue weighted by Crippen LogP contribution is -2.39. The minimum Gasteiger partial charge on any atom is -0.357 e. The van der Waals surface area contributed by atoms with E-state index >= 15 is 0 Å². The number of aromatic nitrogens is 3. The maximum Gasteiger partial charge on any atom is 0.319 e. The Bertz CT molecular complexity index is 1200. The number of nitrogens with one attached hydrogen (secondary N) is 3. The highest BCUT2D eigenvalue weighted by molar-refractivity contribution is 5.91. The maximum atomic E-state index is 14.5. The normalized spacial score (nSPS) is 14.3. The number of anilines is 2. The van der Waals surface area contributed by atoms with Crippen LogP contribution in [0.3, 0.4) is 0 Å². The van der Waals surface area contributed by atoms with E-state index in [0.29, 0.717) is 34.7 Å².